The monoisotopic (exact) mass is 430 g/mol. The van der Waals surface area contributed by atoms with Gasteiger partial charge in [-0.3, -0.25) is 19.3 Å². The van der Waals surface area contributed by atoms with Crippen molar-refractivity contribution in [2.24, 2.45) is 0 Å². The molecule has 0 saturated carbocycles. The first-order valence-corrected chi connectivity index (χ1v) is 10.2. The van der Waals surface area contributed by atoms with E-state index >= 15 is 0 Å². The van der Waals surface area contributed by atoms with Crippen LogP contribution in [0.25, 0.3) is 0 Å². The Morgan fingerprint density at radius 1 is 1.06 bits per heavy atom. The SMILES string of the molecule is CCCN(CC(F)F)C(=O)c1cc(CN2C(=O)c3ccccc3C2=O)ccc1OCC. The van der Waals surface area contributed by atoms with Crippen LogP contribution < -0.4 is 4.74 Å². The van der Waals surface area contributed by atoms with Crippen LogP contribution in [0.3, 0.4) is 0 Å². The van der Waals surface area contributed by atoms with Crippen molar-refractivity contribution in [3.63, 3.8) is 0 Å². The van der Waals surface area contributed by atoms with Gasteiger partial charge in [0.05, 0.1) is 36.4 Å². The van der Waals surface area contributed by atoms with Crippen molar-refractivity contribution in [1.82, 2.24) is 9.80 Å². The first-order chi connectivity index (χ1) is 14.9. The highest BCUT2D eigenvalue weighted by Gasteiger charge is 2.35. The molecule has 2 aromatic rings. The van der Waals surface area contributed by atoms with Gasteiger partial charge in [-0.2, -0.15) is 0 Å². The lowest BCUT2D eigenvalue weighted by Crippen LogP contribution is -2.36. The number of rotatable bonds is 9. The van der Waals surface area contributed by atoms with Crippen molar-refractivity contribution in [2.45, 2.75) is 33.2 Å². The van der Waals surface area contributed by atoms with Crippen LogP contribution in [-0.2, 0) is 6.54 Å². The first-order valence-electron chi connectivity index (χ1n) is 10.2. The molecule has 0 unspecified atom stereocenters. The molecule has 31 heavy (non-hydrogen) atoms. The van der Waals surface area contributed by atoms with Gasteiger partial charge in [0.1, 0.15) is 5.75 Å². The minimum Gasteiger partial charge on any atom is -0.493 e. The highest BCUT2D eigenvalue weighted by atomic mass is 19.3. The van der Waals surface area contributed by atoms with Crippen LogP contribution in [0.15, 0.2) is 42.5 Å². The smallest absolute Gasteiger partial charge is 0.261 e. The van der Waals surface area contributed by atoms with Crippen molar-refractivity contribution in [2.75, 3.05) is 19.7 Å². The molecule has 3 amide bonds. The molecule has 0 N–H and O–H groups in total. The largest absolute Gasteiger partial charge is 0.493 e. The van der Waals surface area contributed by atoms with Crippen LogP contribution in [0.1, 0.15) is 56.9 Å². The zero-order chi connectivity index (χ0) is 22.5. The minimum absolute atomic E-state index is 0.0400. The fourth-order valence-corrected chi connectivity index (χ4v) is 3.57. The lowest BCUT2D eigenvalue weighted by atomic mass is 10.1. The van der Waals surface area contributed by atoms with Gasteiger partial charge in [0.2, 0.25) is 0 Å². The molecule has 1 aliphatic rings. The number of hydrogen-bond acceptors (Lipinski definition) is 4. The van der Waals surface area contributed by atoms with E-state index in [-0.39, 0.29) is 24.4 Å². The van der Waals surface area contributed by atoms with Crippen LogP contribution in [0.4, 0.5) is 8.78 Å². The van der Waals surface area contributed by atoms with Crippen LogP contribution in [0, 0.1) is 0 Å². The third-order valence-electron chi connectivity index (χ3n) is 4.93. The number of carbonyl (C=O) groups excluding carboxylic acids is 3. The number of amides is 3. The Bertz CT molecular complexity index is 958. The molecule has 0 bridgehead atoms. The summed E-state index contributed by atoms with van der Waals surface area (Å²) in [4.78, 5) is 40.5. The van der Waals surface area contributed by atoms with Gasteiger partial charge in [0.15, 0.2) is 0 Å². The molecule has 0 aromatic heterocycles. The van der Waals surface area contributed by atoms with Crippen LogP contribution in [-0.4, -0.2) is 53.6 Å². The van der Waals surface area contributed by atoms with Crippen molar-refractivity contribution in [3.8, 4) is 5.75 Å². The molecular formula is C23H24F2N2O4. The van der Waals surface area contributed by atoms with Crippen molar-refractivity contribution in [3.05, 3.63) is 64.7 Å². The summed E-state index contributed by atoms with van der Waals surface area (Å²) in [6, 6.07) is 11.3. The number of fused-ring (bicyclic) bond motifs is 1. The summed E-state index contributed by atoms with van der Waals surface area (Å²) < 4.78 is 31.5. The van der Waals surface area contributed by atoms with Gasteiger partial charge >= 0.3 is 0 Å². The normalized spacial score (nSPS) is 13.0. The zero-order valence-corrected chi connectivity index (χ0v) is 17.4. The van der Waals surface area contributed by atoms with E-state index < -0.39 is 30.7 Å². The Labute approximate surface area is 179 Å². The molecule has 6 nitrogen and oxygen atoms in total. The molecule has 0 atom stereocenters. The number of carbonyl (C=O) groups is 3. The molecule has 0 spiro atoms. The van der Waals surface area contributed by atoms with Gasteiger partial charge < -0.3 is 9.64 Å². The van der Waals surface area contributed by atoms with Gasteiger partial charge in [-0.05, 0) is 43.2 Å². The quantitative estimate of drug-likeness (QED) is 0.564. The fourth-order valence-electron chi connectivity index (χ4n) is 3.57. The van der Waals surface area contributed by atoms with Crippen LogP contribution in [0.2, 0.25) is 0 Å². The molecule has 0 saturated heterocycles. The molecule has 0 radical (unpaired) electrons. The van der Waals surface area contributed by atoms with Crippen molar-refractivity contribution in [1.29, 1.82) is 0 Å². The van der Waals surface area contributed by atoms with Gasteiger partial charge in [0, 0.05) is 6.54 Å². The predicted molar refractivity (Wildman–Crippen MR) is 110 cm³/mol. The molecule has 8 heteroatoms. The molecule has 1 aliphatic heterocycles. The molecule has 0 fully saturated rings. The van der Waals surface area contributed by atoms with E-state index in [0.717, 1.165) is 9.80 Å². The predicted octanol–water partition coefficient (Wildman–Crippen LogP) is 4.00. The maximum atomic E-state index is 13.0. The Kier molecular flexibility index (Phi) is 6.99. The van der Waals surface area contributed by atoms with Gasteiger partial charge in [-0.25, -0.2) is 8.78 Å². The Hall–Kier alpha value is -3.29. The van der Waals surface area contributed by atoms with Gasteiger partial charge in [-0.15, -0.1) is 0 Å². The summed E-state index contributed by atoms with van der Waals surface area (Å²) in [6.07, 6.45) is -2.13. The average molecular weight is 430 g/mol. The summed E-state index contributed by atoms with van der Waals surface area (Å²) >= 11 is 0. The van der Waals surface area contributed by atoms with E-state index in [2.05, 4.69) is 0 Å². The summed E-state index contributed by atoms with van der Waals surface area (Å²) in [5.74, 6) is -1.12. The maximum absolute atomic E-state index is 13.0. The molecule has 164 valence electrons. The minimum atomic E-state index is -2.66. The van der Waals surface area contributed by atoms with E-state index in [0.29, 0.717) is 29.7 Å². The van der Waals surface area contributed by atoms with Crippen LogP contribution >= 0.6 is 0 Å². The number of nitrogens with zero attached hydrogens (tertiary/aromatic N) is 2. The van der Waals surface area contributed by atoms with Gasteiger partial charge in [-0.1, -0.05) is 25.1 Å². The zero-order valence-electron chi connectivity index (χ0n) is 17.4. The number of benzene rings is 2. The lowest BCUT2D eigenvalue weighted by molar-refractivity contribution is 0.0551. The van der Waals surface area contributed by atoms with E-state index in [4.69, 9.17) is 4.74 Å². The highest BCUT2D eigenvalue weighted by Crippen LogP contribution is 2.27. The number of alkyl halides is 2. The maximum Gasteiger partial charge on any atom is 0.261 e. The second-order valence-corrected chi connectivity index (χ2v) is 7.15. The van der Waals surface area contributed by atoms with Crippen LogP contribution in [0.5, 0.6) is 5.75 Å². The van der Waals surface area contributed by atoms with Gasteiger partial charge in [0.25, 0.3) is 24.1 Å². The fraction of sp³-hybridized carbons (Fsp3) is 0.348. The Balaban J connectivity index is 1.91. The third-order valence-corrected chi connectivity index (χ3v) is 4.93. The highest BCUT2D eigenvalue weighted by molar-refractivity contribution is 6.21. The second-order valence-electron chi connectivity index (χ2n) is 7.15. The summed E-state index contributed by atoms with van der Waals surface area (Å²) in [5, 5.41) is 0. The van der Waals surface area contributed by atoms with Crippen molar-refractivity contribution >= 4 is 17.7 Å². The number of halogens is 2. The second kappa shape index (κ2) is 9.68. The Morgan fingerprint density at radius 2 is 1.71 bits per heavy atom. The molecule has 2 aromatic carbocycles. The van der Waals surface area contributed by atoms with E-state index in [1.165, 1.54) is 6.07 Å². The van der Waals surface area contributed by atoms with E-state index in [1.54, 1.807) is 50.2 Å². The molecular weight excluding hydrogens is 406 g/mol. The molecule has 3 rings (SSSR count). The summed E-state index contributed by atoms with van der Waals surface area (Å²) in [6.45, 7) is 3.30. The lowest BCUT2D eigenvalue weighted by Gasteiger charge is -2.23. The average Bonchev–Trinajstić information content (AvgIpc) is 2.99. The standard InChI is InChI=1S/C23H24F2N2O4/c1-3-11-26(14-20(24)25)21(28)18-12-15(9-10-19(18)31-4-2)13-27-22(29)16-7-5-6-8-17(16)23(27)30/h5-10,12,20H,3-4,11,13-14H2,1-2H3. The van der Waals surface area contributed by atoms with E-state index in [1.807, 2.05) is 0 Å². The molecule has 1 heterocycles. The number of hydrogen-bond donors (Lipinski definition) is 0. The van der Waals surface area contributed by atoms with Crippen molar-refractivity contribution < 1.29 is 27.9 Å². The van der Waals surface area contributed by atoms with E-state index in [9.17, 15) is 23.2 Å². The molecule has 0 aliphatic carbocycles. The number of ether oxygens (including phenoxy) is 1. The topological polar surface area (TPSA) is 66.9 Å². The summed E-state index contributed by atoms with van der Waals surface area (Å²) in [5.41, 5.74) is 1.32. The number of imide groups is 1. The Morgan fingerprint density at radius 3 is 2.26 bits per heavy atom. The first kappa shape index (κ1) is 22.4. The summed E-state index contributed by atoms with van der Waals surface area (Å²) in [7, 11) is 0. The third kappa shape index (κ3) is 4.73.